The van der Waals surface area contributed by atoms with Crippen LogP contribution in [-0.4, -0.2) is 28.3 Å². The summed E-state index contributed by atoms with van der Waals surface area (Å²) in [5.41, 5.74) is 0.248. The maximum Gasteiger partial charge on any atom is 0.336 e. The number of benzene rings is 1. The molecule has 0 aliphatic heterocycles. The van der Waals surface area contributed by atoms with Crippen LogP contribution >= 0.6 is 11.8 Å². The van der Waals surface area contributed by atoms with Gasteiger partial charge in [0.05, 0.1) is 10.8 Å². The van der Waals surface area contributed by atoms with Gasteiger partial charge >= 0.3 is 5.97 Å². The van der Waals surface area contributed by atoms with Gasteiger partial charge in [-0.05, 0) is 31.9 Å². The van der Waals surface area contributed by atoms with E-state index in [1.807, 2.05) is 6.92 Å². The first-order chi connectivity index (χ1) is 9.58. The molecule has 1 amide bonds. The third-order valence-electron chi connectivity index (χ3n) is 3.49. The molecule has 2 N–H and O–H groups in total. The van der Waals surface area contributed by atoms with Crippen LogP contribution in [0.3, 0.4) is 0 Å². The van der Waals surface area contributed by atoms with Crippen LogP contribution in [0.5, 0.6) is 0 Å². The van der Waals surface area contributed by atoms with E-state index in [2.05, 4.69) is 5.32 Å². The molecule has 20 heavy (non-hydrogen) atoms. The standard InChI is InChI=1S/C15H19NO3S/c1-10(14(17)16-11-6-2-3-7-11)20-13-9-5-4-8-12(13)15(18)19/h4-5,8-11H,2-3,6-7H2,1H3,(H,16,17)(H,18,19)/t10-/m0/s1. The number of rotatable bonds is 5. The summed E-state index contributed by atoms with van der Waals surface area (Å²) in [5, 5.41) is 11.9. The molecule has 5 heteroatoms. The molecule has 0 bridgehead atoms. The number of aromatic carboxylic acids is 1. The average molecular weight is 293 g/mol. The topological polar surface area (TPSA) is 66.4 Å². The molecule has 0 saturated heterocycles. The number of nitrogens with one attached hydrogen (secondary N) is 1. The van der Waals surface area contributed by atoms with Crippen LogP contribution in [0.2, 0.25) is 0 Å². The third kappa shape index (κ3) is 3.76. The van der Waals surface area contributed by atoms with Gasteiger partial charge in [0, 0.05) is 10.9 Å². The van der Waals surface area contributed by atoms with E-state index in [0.29, 0.717) is 10.9 Å². The van der Waals surface area contributed by atoms with Gasteiger partial charge in [0.25, 0.3) is 0 Å². The van der Waals surface area contributed by atoms with E-state index in [4.69, 9.17) is 5.11 Å². The van der Waals surface area contributed by atoms with Crippen LogP contribution in [0.25, 0.3) is 0 Å². The molecule has 1 atom stereocenters. The van der Waals surface area contributed by atoms with Gasteiger partial charge in [-0.25, -0.2) is 4.79 Å². The second-order valence-corrected chi connectivity index (χ2v) is 6.43. The fourth-order valence-corrected chi connectivity index (χ4v) is 3.37. The van der Waals surface area contributed by atoms with Crippen molar-refractivity contribution >= 4 is 23.6 Å². The number of carboxylic acid groups (broad SMARTS) is 1. The van der Waals surface area contributed by atoms with Gasteiger partial charge in [0.1, 0.15) is 0 Å². The Labute approximate surface area is 123 Å². The lowest BCUT2D eigenvalue weighted by atomic mass is 10.2. The summed E-state index contributed by atoms with van der Waals surface area (Å²) in [6, 6.07) is 7.08. The SMILES string of the molecule is C[C@H](Sc1ccccc1C(=O)O)C(=O)NC1CCCC1. The smallest absolute Gasteiger partial charge is 0.336 e. The number of hydrogen-bond donors (Lipinski definition) is 2. The predicted molar refractivity (Wildman–Crippen MR) is 79.1 cm³/mol. The van der Waals surface area contributed by atoms with Crippen LogP contribution in [-0.2, 0) is 4.79 Å². The van der Waals surface area contributed by atoms with E-state index >= 15 is 0 Å². The van der Waals surface area contributed by atoms with E-state index in [9.17, 15) is 9.59 Å². The van der Waals surface area contributed by atoms with Gasteiger partial charge in [-0.1, -0.05) is 25.0 Å². The van der Waals surface area contributed by atoms with Crippen molar-refractivity contribution in [3.05, 3.63) is 29.8 Å². The number of amides is 1. The number of thioether (sulfide) groups is 1. The first-order valence-corrected chi connectivity index (χ1v) is 7.75. The highest BCUT2D eigenvalue weighted by molar-refractivity contribution is 8.00. The van der Waals surface area contributed by atoms with Gasteiger partial charge < -0.3 is 10.4 Å². The molecule has 1 aromatic rings. The van der Waals surface area contributed by atoms with E-state index in [0.717, 1.165) is 12.8 Å². The Hall–Kier alpha value is -1.49. The summed E-state index contributed by atoms with van der Waals surface area (Å²) in [5.74, 6) is -0.974. The summed E-state index contributed by atoms with van der Waals surface area (Å²) < 4.78 is 0. The Morgan fingerprint density at radius 2 is 1.95 bits per heavy atom. The molecule has 0 radical (unpaired) electrons. The molecule has 1 aliphatic carbocycles. The van der Waals surface area contributed by atoms with Crippen LogP contribution in [0, 0.1) is 0 Å². The van der Waals surface area contributed by atoms with Crippen LogP contribution < -0.4 is 5.32 Å². The van der Waals surface area contributed by atoms with Crippen LogP contribution in [0.15, 0.2) is 29.2 Å². The molecule has 0 unspecified atom stereocenters. The normalized spacial score (nSPS) is 16.9. The maximum atomic E-state index is 12.1. The van der Waals surface area contributed by atoms with Gasteiger partial charge in [-0.2, -0.15) is 0 Å². The number of carboxylic acids is 1. The molecule has 2 rings (SSSR count). The molecular weight excluding hydrogens is 274 g/mol. The lowest BCUT2D eigenvalue weighted by Crippen LogP contribution is -2.37. The van der Waals surface area contributed by atoms with Gasteiger partial charge in [-0.15, -0.1) is 11.8 Å². The summed E-state index contributed by atoms with van der Waals surface area (Å²) in [7, 11) is 0. The Balaban J connectivity index is 1.98. The summed E-state index contributed by atoms with van der Waals surface area (Å²) >= 11 is 1.30. The van der Waals surface area contributed by atoms with Crippen molar-refractivity contribution in [3.63, 3.8) is 0 Å². The van der Waals surface area contributed by atoms with Crippen molar-refractivity contribution in [3.8, 4) is 0 Å². The van der Waals surface area contributed by atoms with Crippen molar-refractivity contribution in [2.75, 3.05) is 0 Å². The molecule has 0 spiro atoms. The largest absolute Gasteiger partial charge is 0.478 e. The lowest BCUT2D eigenvalue weighted by Gasteiger charge is -2.17. The second kappa shape index (κ2) is 6.79. The van der Waals surface area contributed by atoms with Crippen molar-refractivity contribution < 1.29 is 14.7 Å². The Morgan fingerprint density at radius 1 is 1.30 bits per heavy atom. The molecule has 1 saturated carbocycles. The first kappa shape index (κ1) is 14.9. The van der Waals surface area contributed by atoms with E-state index < -0.39 is 5.97 Å². The highest BCUT2D eigenvalue weighted by atomic mass is 32.2. The third-order valence-corrected chi connectivity index (χ3v) is 4.67. The zero-order valence-electron chi connectivity index (χ0n) is 11.5. The number of carbonyl (C=O) groups excluding carboxylic acids is 1. The van der Waals surface area contributed by atoms with Crippen molar-refractivity contribution in [2.45, 2.75) is 48.8 Å². The Bertz CT molecular complexity index is 498. The van der Waals surface area contributed by atoms with Gasteiger partial charge in [-0.3, -0.25) is 4.79 Å². The lowest BCUT2D eigenvalue weighted by molar-refractivity contribution is -0.120. The minimum absolute atomic E-state index is 0.0120. The van der Waals surface area contributed by atoms with Crippen molar-refractivity contribution in [2.24, 2.45) is 0 Å². The van der Waals surface area contributed by atoms with Crippen LogP contribution in [0.1, 0.15) is 43.0 Å². The monoisotopic (exact) mass is 293 g/mol. The molecule has 1 aliphatic rings. The Kier molecular flexibility index (Phi) is 5.06. The van der Waals surface area contributed by atoms with Crippen LogP contribution in [0.4, 0.5) is 0 Å². The molecule has 4 nitrogen and oxygen atoms in total. The molecule has 1 fully saturated rings. The van der Waals surface area contributed by atoms with Crippen molar-refractivity contribution in [1.82, 2.24) is 5.32 Å². The molecule has 0 heterocycles. The van der Waals surface area contributed by atoms with E-state index in [-0.39, 0.29) is 16.7 Å². The summed E-state index contributed by atoms with van der Waals surface area (Å²) in [6.45, 7) is 1.81. The van der Waals surface area contributed by atoms with Gasteiger partial charge in [0.15, 0.2) is 0 Å². The predicted octanol–water partition coefficient (Wildman–Crippen LogP) is 2.92. The zero-order valence-corrected chi connectivity index (χ0v) is 12.3. The minimum atomic E-state index is -0.962. The molecule has 108 valence electrons. The molecule has 1 aromatic carbocycles. The summed E-state index contributed by atoms with van der Waals surface area (Å²) in [6.07, 6.45) is 4.45. The molecular formula is C15H19NO3S. The second-order valence-electron chi connectivity index (χ2n) is 5.05. The van der Waals surface area contributed by atoms with E-state index in [1.54, 1.807) is 24.3 Å². The van der Waals surface area contributed by atoms with E-state index in [1.165, 1.54) is 24.6 Å². The minimum Gasteiger partial charge on any atom is -0.478 e. The highest BCUT2D eigenvalue weighted by Gasteiger charge is 2.22. The number of carbonyl (C=O) groups is 2. The van der Waals surface area contributed by atoms with Crippen molar-refractivity contribution in [1.29, 1.82) is 0 Å². The first-order valence-electron chi connectivity index (χ1n) is 6.87. The fraction of sp³-hybridized carbons (Fsp3) is 0.467. The Morgan fingerprint density at radius 3 is 2.60 bits per heavy atom. The zero-order chi connectivity index (χ0) is 14.5. The average Bonchev–Trinajstić information content (AvgIpc) is 2.91. The fourth-order valence-electron chi connectivity index (χ4n) is 2.38. The molecule has 0 aromatic heterocycles. The summed E-state index contributed by atoms with van der Waals surface area (Å²) in [4.78, 5) is 23.9. The number of hydrogen-bond acceptors (Lipinski definition) is 3. The highest BCUT2D eigenvalue weighted by Crippen LogP contribution is 2.27. The maximum absolute atomic E-state index is 12.1. The van der Waals surface area contributed by atoms with Gasteiger partial charge in [0.2, 0.25) is 5.91 Å². The quantitative estimate of drug-likeness (QED) is 0.819.